The number of nitriles is 1. The number of aromatic nitrogens is 2. The van der Waals surface area contributed by atoms with Gasteiger partial charge in [0.15, 0.2) is 0 Å². The van der Waals surface area contributed by atoms with E-state index in [-0.39, 0.29) is 6.04 Å². The van der Waals surface area contributed by atoms with Gasteiger partial charge in [0.05, 0.1) is 11.8 Å². The molecular formula is C9H13N5. The largest absolute Gasteiger partial charge is 0.368 e. The summed E-state index contributed by atoms with van der Waals surface area (Å²) in [7, 11) is 0. The van der Waals surface area contributed by atoms with Crippen molar-refractivity contribution >= 4 is 5.82 Å². The van der Waals surface area contributed by atoms with Crippen LogP contribution in [0.2, 0.25) is 0 Å². The Morgan fingerprint density at radius 1 is 1.71 bits per heavy atom. The van der Waals surface area contributed by atoms with Crippen LogP contribution in [0.4, 0.5) is 5.82 Å². The Labute approximate surface area is 82.9 Å². The molecular weight excluding hydrogens is 178 g/mol. The molecule has 5 nitrogen and oxygen atoms in total. The van der Waals surface area contributed by atoms with Gasteiger partial charge in [0.2, 0.25) is 0 Å². The van der Waals surface area contributed by atoms with Crippen LogP contribution in [0.15, 0.2) is 12.3 Å². The molecule has 0 fully saturated rings. The maximum atomic E-state index is 8.61. The topological polar surface area (TPSA) is 87.6 Å². The van der Waals surface area contributed by atoms with Crippen LogP contribution >= 0.6 is 0 Å². The van der Waals surface area contributed by atoms with E-state index in [0.29, 0.717) is 11.4 Å². The molecule has 0 saturated carbocycles. The predicted molar refractivity (Wildman–Crippen MR) is 53.5 cm³/mol. The molecule has 0 aromatic carbocycles. The van der Waals surface area contributed by atoms with Crippen molar-refractivity contribution in [2.75, 3.05) is 11.9 Å². The van der Waals surface area contributed by atoms with E-state index < -0.39 is 0 Å². The number of nitrogens with one attached hydrogen (secondary N) is 1. The van der Waals surface area contributed by atoms with Gasteiger partial charge in [-0.05, 0) is 13.3 Å². The van der Waals surface area contributed by atoms with Crippen LogP contribution in [0, 0.1) is 11.3 Å². The van der Waals surface area contributed by atoms with Crippen LogP contribution in [-0.2, 0) is 0 Å². The van der Waals surface area contributed by atoms with Gasteiger partial charge in [-0.2, -0.15) is 10.4 Å². The van der Waals surface area contributed by atoms with Crippen molar-refractivity contribution in [1.29, 1.82) is 5.26 Å². The highest BCUT2D eigenvalue weighted by Crippen LogP contribution is 2.03. The molecule has 74 valence electrons. The Morgan fingerprint density at radius 3 is 3.14 bits per heavy atom. The minimum atomic E-state index is 0.162. The number of nitrogens with two attached hydrogens (primary N) is 1. The minimum absolute atomic E-state index is 0.162. The zero-order chi connectivity index (χ0) is 10.4. The summed E-state index contributed by atoms with van der Waals surface area (Å²) >= 11 is 0. The molecule has 1 aromatic rings. The van der Waals surface area contributed by atoms with Gasteiger partial charge in [-0.15, -0.1) is 5.10 Å². The first-order valence-corrected chi connectivity index (χ1v) is 4.44. The Hall–Kier alpha value is -1.67. The van der Waals surface area contributed by atoms with E-state index in [9.17, 15) is 0 Å². The van der Waals surface area contributed by atoms with E-state index in [1.165, 1.54) is 6.20 Å². The first-order valence-electron chi connectivity index (χ1n) is 4.44. The van der Waals surface area contributed by atoms with Gasteiger partial charge >= 0.3 is 0 Å². The molecule has 0 radical (unpaired) electrons. The molecule has 3 N–H and O–H groups in total. The number of rotatable bonds is 4. The van der Waals surface area contributed by atoms with E-state index >= 15 is 0 Å². The zero-order valence-corrected chi connectivity index (χ0v) is 8.07. The highest BCUT2D eigenvalue weighted by Gasteiger charge is 1.98. The number of hydrogen-bond acceptors (Lipinski definition) is 5. The van der Waals surface area contributed by atoms with Crippen molar-refractivity contribution in [2.24, 2.45) is 5.73 Å². The van der Waals surface area contributed by atoms with E-state index in [0.717, 1.165) is 13.0 Å². The molecule has 1 unspecified atom stereocenters. The third kappa shape index (κ3) is 3.37. The third-order valence-corrected chi connectivity index (χ3v) is 1.69. The second-order valence-electron chi connectivity index (χ2n) is 3.13. The number of nitrogens with zero attached hydrogens (tertiary/aromatic N) is 3. The zero-order valence-electron chi connectivity index (χ0n) is 8.07. The molecule has 0 amide bonds. The summed E-state index contributed by atoms with van der Waals surface area (Å²) in [5.41, 5.74) is 6.09. The van der Waals surface area contributed by atoms with Crippen molar-refractivity contribution in [1.82, 2.24) is 10.2 Å². The molecule has 0 saturated heterocycles. The lowest BCUT2D eigenvalue weighted by atomic mass is 10.2. The summed E-state index contributed by atoms with van der Waals surface area (Å²) in [6, 6.07) is 3.82. The molecule has 0 aliphatic carbocycles. The standard InChI is InChI=1S/C9H13N5/c1-7(11)2-3-12-9-4-8(5-10)6-13-14-9/h4,6-7H,2-3,11H2,1H3,(H,12,14). The van der Waals surface area contributed by atoms with Crippen molar-refractivity contribution in [3.05, 3.63) is 17.8 Å². The third-order valence-electron chi connectivity index (χ3n) is 1.69. The first-order chi connectivity index (χ1) is 6.72. The fraction of sp³-hybridized carbons (Fsp3) is 0.444. The van der Waals surface area contributed by atoms with E-state index in [4.69, 9.17) is 11.0 Å². The SMILES string of the molecule is CC(N)CCNc1cc(C#N)cnn1. The fourth-order valence-electron chi connectivity index (χ4n) is 0.942. The lowest BCUT2D eigenvalue weighted by Crippen LogP contribution is -2.19. The number of anilines is 1. The average Bonchev–Trinajstić information content (AvgIpc) is 2.18. The van der Waals surface area contributed by atoms with Crippen LogP contribution in [0.1, 0.15) is 18.9 Å². The molecule has 1 aromatic heterocycles. The molecule has 5 heteroatoms. The van der Waals surface area contributed by atoms with Crippen LogP contribution in [-0.4, -0.2) is 22.8 Å². The highest BCUT2D eigenvalue weighted by atomic mass is 15.2. The maximum absolute atomic E-state index is 8.61. The fourth-order valence-corrected chi connectivity index (χ4v) is 0.942. The summed E-state index contributed by atoms with van der Waals surface area (Å²) in [6.07, 6.45) is 2.29. The van der Waals surface area contributed by atoms with Crippen molar-refractivity contribution in [3.8, 4) is 6.07 Å². The Morgan fingerprint density at radius 2 is 2.50 bits per heavy atom. The quantitative estimate of drug-likeness (QED) is 0.723. The Bertz CT molecular complexity index is 328. The predicted octanol–water partition coefficient (Wildman–Crippen LogP) is 0.497. The van der Waals surface area contributed by atoms with Crippen molar-refractivity contribution < 1.29 is 0 Å². The Kier molecular flexibility index (Phi) is 3.83. The summed E-state index contributed by atoms with van der Waals surface area (Å²) in [4.78, 5) is 0. The molecule has 0 bridgehead atoms. The van der Waals surface area contributed by atoms with Crippen LogP contribution in [0.5, 0.6) is 0 Å². The molecule has 1 heterocycles. The van der Waals surface area contributed by atoms with Gasteiger partial charge < -0.3 is 11.1 Å². The van der Waals surface area contributed by atoms with Gasteiger partial charge in [-0.25, -0.2) is 0 Å². The molecule has 0 spiro atoms. The van der Waals surface area contributed by atoms with Crippen molar-refractivity contribution in [2.45, 2.75) is 19.4 Å². The first kappa shape index (κ1) is 10.4. The smallest absolute Gasteiger partial charge is 0.149 e. The lowest BCUT2D eigenvalue weighted by molar-refractivity contribution is 0.688. The second-order valence-corrected chi connectivity index (χ2v) is 3.13. The summed E-state index contributed by atoms with van der Waals surface area (Å²) in [6.45, 7) is 2.68. The molecule has 14 heavy (non-hydrogen) atoms. The van der Waals surface area contributed by atoms with E-state index in [1.54, 1.807) is 6.07 Å². The Balaban J connectivity index is 2.47. The maximum Gasteiger partial charge on any atom is 0.149 e. The van der Waals surface area contributed by atoms with E-state index in [2.05, 4.69) is 15.5 Å². The minimum Gasteiger partial charge on any atom is -0.368 e. The molecule has 0 aliphatic rings. The summed E-state index contributed by atoms with van der Waals surface area (Å²) in [5.74, 6) is 0.615. The second kappa shape index (κ2) is 5.14. The van der Waals surface area contributed by atoms with Crippen LogP contribution < -0.4 is 11.1 Å². The highest BCUT2D eigenvalue weighted by molar-refractivity contribution is 5.40. The number of hydrogen-bond donors (Lipinski definition) is 2. The lowest BCUT2D eigenvalue weighted by Gasteiger charge is -2.06. The van der Waals surface area contributed by atoms with Gasteiger partial charge in [0.25, 0.3) is 0 Å². The van der Waals surface area contributed by atoms with Gasteiger partial charge in [-0.1, -0.05) is 0 Å². The summed E-state index contributed by atoms with van der Waals surface area (Å²) in [5, 5.41) is 19.2. The van der Waals surface area contributed by atoms with Gasteiger partial charge in [-0.3, -0.25) is 0 Å². The normalized spacial score (nSPS) is 11.8. The molecule has 1 atom stereocenters. The van der Waals surface area contributed by atoms with Crippen molar-refractivity contribution in [3.63, 3.8) is 0 Å². The monoisotopic (exact) mass is 191 g/mol. The average molecular weight is 191 g/mol. The van der Waals surface area contributed by atoms with Gasteiger partial charge in [0.1, 0.15) is 11.9 Å². The van der Waals surface area contributed by atoms with Crippen LogP contribution in [0.25, 0.3) is 0 Å². The van der Waals surface area contributed by atoms with Gasteiger partial charge in [0, 0.05) is 18.7 Å². The molecule has 0 aliphatic heterocycles. The van der Waals surface area contributed by atoms with E-state index in [1.807, 2.05) is 13.0 Å². The van der Waals surface area contributed by atoms with Crippen LogP contribution in [0.3, 0.4) is 0 Å². The summed E-state index contributed by atoms with van der Waals surface area (Å²) < 4.78 is 0. The molecule has 1 rings (SSSR count).